The second kappa shape index (κ2) is 11.4. The van der Waals surface area contributed by atoms with E-state index in [1.54, 1.807) is 72.8 Å². The average Bonchev–Trinajstić information content (AvgIpc) is 3.20. The van der Waals surface area contributed by atoms with Gasteiger partial charge >= 0.3 is 0 Å². The first-order chi connectivity index (χ1) is 18.0. The number of aliphatic hydroxyl groups is 1. The van der Waals surface area contributed by atoms with Crippen molar-refractivity contribution in [2.75, 3.05) is 18.1 Å². The molecule has 1 amide bonds. The summed E-state index contributed by atoms with van der Waals surface area (Å²) in [5, 5.41) is 20.5. The van der Waals surface area contributed by atoms with Crippen LogP contribution in [0, 0.1) is 11.3 Å². The highest BCUT2D eigenvalue weighted by atomic mass is 16.5. The quantitative estimate of drug-likeness (QED) is 0.230. The maximum absolute atomic E-state index is 13.4. The first kappa shape index (κ1) is 25.5. The van der Waals surface area contributed by atoms with Gasteiger partial charge in [0.2, 0.25) is 0 Å². The maximum Gasteiger partial charge on any atom is 0.300 e. The molecule has 1 saturated heterocycles. The summed E-state index contributed by atoms with van der Waals surface area (Å²) < 4.78 is 11.4. The zero-order chi connectivity index (χ0) is 26.4. The Balaban J connectivity index is 1.84. The Morgan fingerprint density at radius 1 is 0.919 bits per heavy atom. The van der Waals surface area contributed by atoms with Crippen molar-refractivity contribution >= 4 is 23.1 Å². The minimum Gasteiger partial charge on any atom is -0.507 e. The van der Waals surface area contributed by atoms with Gasteiger partial charge in [-0.05, 0) is 66.9 Å². The summed E-state index contributed by atoms with van der Waals surface area (Å²) in [5.74, 6) is -0.616. The number of Topliss-reactive ketones (excluding diaryl/α,β-unsaturated/α-hetero) is 1. The first-order valence-corrected chi connectivity index (χ1v) is 12.3. The van der Waals surface area contributed by atoms with E-state index in [-0.39, 0.29) is 11.3 Å². The molecule has 37 heavy (non-hydrogen) atoms. The summed E-state index contributed by atoms with van der Waals surface area (Å²) in [6.07, 6.45) is 1.69. The molecule has 1 aliphatic rings. The molecule has 1 unspecified atom stereocenters. The molecule has 0 bridgehead atoms. The average molecular weight is 497 g/mol. The minimum atomic E-state index is -0.881. The summed E-state index contributed by atoms with van der Waals surface area (Å²) in [4.78, 5) is 28.0. The Bertz CT molecular complexity index is 1350. The highest BCUT2D eigenvalue weighted by Crippen LogP contribution is 2.42. The van der Waals surface area contributed by atoms with Gasteiger partial charge in [-0.3, -0.25) is 14.5 Å². The Kier molecular flexibility index (Phi) is 7.89. The summed E-state index contributed by atoms with van der Waals surface area (Å²) in [6.45, 7) is 5.09. The lowest BCUT2D eigenvalue weighted by Gasteiger charge is -2.25. The predicted molar refractivity (Wildman–Crippen MR) is 140 cm³/mol. The third kappa shape index (κ3) is 5.34. The number of nitriles is 1. The third-order valence-corrected chi connectivity index (χ3v) is 5.97. The number of anilines is 1. The van der Waals surface area contributed by atoms with Crippen LogP contribution in [0.2, 0.25) is 0 Å². The molecule has 1 aliphatic heterocycles. The molecule has 188 valence electrons. The predicted octanol–water partition coefficient (Wildman–Crippen LogP) is 5.76. The SMILES string of the molecule is CCCOc1ccc(C2/C(=C(/O)c3cccc(OCCC)c3)C(=O)C(=O)N2c2ccc(C#N)cc2)cc1. The highest BCUT2D eigenvalue weighted by Gasteiger charge is 2.47. The number of benzene rings is 3. The van der Waals surface area contributed by atoms with E-state index in [9.17, 15) is 20.0 Å². The van der Waals surface area contributed by atoms with Crippen LogP contribution in [0.25, 0.3) is 5.76 Å². The Labute approximate surface area is 216 Å². The molecule has 0 aromatic heterocycles. The smallest absolute Gasteiger partial charge is 0.300 e. The van der Waals surface area contributed by atoms with Crippen molar-refractivity contribution in [3.63, 3.8) is 0 Å². The second-order valence-corrected chi connectivity index (χ2v) is 8.62. The molecule has 0 saturated carbocycles. The van der Waals surface area contributed by atoms with Crippen molar-refractivity contribution in [1.82, 2.24) is 0 Å². The van der Waals surface area contributed by atoms with E-state index < -0.39 is 17.7 Å². The van der Waals surface area contributed by atoms with E-state index in [0.29, 0.717) is 47.1 Å². The molecule has 7 nitrogen and oxygen atoms in total. The number of ether oxygens (including phenoxy) is 2. The molecule has 1 atom stereocenters. The normalized spacial score (nSPS) is 16.5. The van der Waals surface area contributed by atoms with Gasteiger partial charge in [-0.15, -0.1) is 0 Å². The Hall–Kier alpha value is -4.57. The monoisotopic (exact) mass is 496 g/mol. The fraction of sp³-hybridized carbons (Fsp3) is 0.233. The molecule has 1 heterocycles. The van der Waals surface area contributed by atoms with Crippen molar-refractivity contribution in [3.8, 4) is 17.6 Å². The lowest BCUT2D eigenvalue weighted by atomic mass is 9.95. The number of hydrogen-bond acceptors (Lipinski definition) is 6. The van der Waals surface area contributed by atoms with E-state index in [0.717, 1.165) is 12.8 Å². The molecular weight excluding hydrogens is 468 g/mol. The van der Waals surface area contributed by atoms with Crippen LogP contribution in [-0.4, -0.2) is 30.0 Å². The number of nitrogens with zero attached hydrogens (tertiary/aromatic N) is 2. The van der Waals surface area contributed by atoms with Gasteiger partial charge in [-0.1, -0.05) is 38.1 Å². The fourth-order valence-corrected chi connectivity index (χ4v) is 4.19. The number of ketones is 1. The first-order valence-electron chi connectivity index (χ1n) is 12.3. The zero-order valence-corrected chi connectivity index (χ0v) is 20.8. The Morgan fingerprint density at radius 3 is 2.19 bits per heavy atom. The van der Waals surface area contributed by atoms with E-state index in [2.05, 4.69) is 6.07 Å². The number of rotatable bonds is 9. The van der Waals surface area contributed by atoms with E-state index in [1.807, 2.05) is 13.8 Å². The van der Waals surface area contributed by atoms with Crippen molar-refractivity contribution < 1.29 is 24.2 Å². The van der Waals surface area contributed by atoms with Gasteiger partial charge in [0.25, 0.3) is 11.7 Å². The van der Waals surface area contributed by atoms with E-state index in [4.69, 9.17) is 9.47 Å². The van der Waals surface area contributed by atoms with Crippen molar-refractivity contribution in [1.29, 1.82) is 5.26 Å². The summed E-state index contributed by atoms with van der Waals surface area (Å²) in [5.41, 5.74) is 1.85. The molecule has 4 rings (SSSR count). The third-order valence-electron chi connectivity index (χ3n) is 5.97. The number of hydrogen-bond donors (Lipinski definition) is 1. The standard InChI is InChI=1S/C30H28N2O5/c1-3-16-36-24-14-10-21(11-15-24)27-26(28(33)22-6-5-7-25(18-22)37-17-4-2)29(34)30(35)32(27)23-12-8-20(19-31)9-13-23/h5-15,18,27,33H,3-4,16-17H2,1-2H3/b28-26-. The topological polar surface area (TPSA) is 99.9 Å². The summed E-state index contributed by atoms with van der Waals surface area (Å²) in [6, 6.07) is 21.5. The molecule has 1 fully saturated rings. The van der Waals surface area contributed by atoms with Crippen molar-refractivity contribution in [3.05, 3.63) is 95.1 Å². The largest absolute Gasteiger partial charge is 0.507 e. The lowest BCUT2D eigenvalue weighted by molar-refractivity contribution is -0.132. The summed E-state index contributed by atoms with van der Waals surface area (Å²) in [7, 11) is 0. The minimum absolute atomic E-state index is 0.0239. The van der Waals surface area contributed by atoms with Crippen LogP contribution in [-0.2, 0) is 9.59 Å². The van der Waals surface area contributed by atoms with Crippen LogP contribution in [0.3, 0.4) is 0 Å². The number of aliphatic hydroxyl groups excluding tert-OH is 1. The van der Waals surface area contributed by atoms with Crippen LogP contribution in [0.5, 0.6) is 11.5 Å². The summed E-state index contributed by atoms with van der Waals surface area (Å²) >= 11 is 0. The van der Waals surface area contributed by atoms with Crippen LogP contribution in [0.15, 0.2) is 78.4 Å². The van der Waals surface area contributed by atoms with E-state index in [1.165, 1.54) is 4.90 Å². The number of carbonyl (C=O) groups excluding carboxylic acids is 2. The zero-order valence-electron chi connectivity index (χ0n) is 20.8. The van der Waals surface area contributed by atoms with Gasteiger partial charge in [-0.2, -0.15) is 5.26 Å². The van der Waals surface area contributed by atoms with Crippen molar-refractivity contribution in [2.24, 2.45) is 0 Å². The molecule has 1 N–H and O–H groups in total. The maximum atomic E-state index is 13.4. The van der Waals surface area contributed by atoms with Gasteiger partial charge in [-0.25, -0.2) is 0 Å². The fourth-order valence-electron chi connectivity index (χ4n) is 4.19. The molecular formula is C30H28N2O5. The lowest BCUT2D eigenvalue weighted by Crippen LogP contribution is -2.29. The van der Waals surface area contributed by atoms with Gasteiger partial charge in [0.05, 0.1) is 36.5 Å². The van der Waals surface area contributed by atoms with Gasteiger partial charge in [0.1, 0.15) is 17.3 Å². The van der Waals surface area contributed by atoms with Crippen LogP contribution < -0.4 is 14.4 Å². The molecule has 3 aromatic carbocycles. The molecule has 0 aliphatic carbocycles. The molecule has 7 heteroatoms. The highest BCUT2D eigenvalue weighted by molar-refractivity contribution is 6.51. The van der Waals surface area contributed by atoms with Crippen LogP contribution in [0.1, 0.15) is 49.4 Å². The molecule has 3 aromatic rings. The Morgan fingerprint density at radius 2 is 1.57 bits per heavy atom. The van der Waals surface area contributed by atoms with Crippen molar-refractivity contribution in [2.45, 2.75) is 32.7 Å². The van der Waals surface area contributed by atoms with E-state index >= 15 is 0 Å². The van der Waals surface area contributed by atoms with Crippen LogP contribution in [0.4, 0.5) is 5.69 Å². The number of carbonyl (C=O) groups is 2. The second-order valence-electron chi connectivity index (χ2n) is 8.62. The van der Waals surface area contributed by atoms with Crippen LogP contribution >= 0.6 is 0 Å². The van der Waals surface area contributed by atoms with Gasteiger partial charge < -0.3 is 14.6 Å². The van der Waals surface area contributed by atoms with Gasteiger partial charge in [0, 0.05) is 11.3 Å². The molecule has 0 spiro atoms. The van der Waals surface area contributed by atoms with Gasteiger partial charge in [0.15, 0.2) is 0 Å². The molecule has 0 radical (unpaired) electrons. The number of amides is 1.